The molecule has 6 nitrogen and oxygen atoms in total. The van der Waals surface area contributed by atoms with E-state index in [4.69, 9.17) is 10.5 Å². The Kier molecular flexibility index (Phi) is 3.33. The molecule has 0 spiro atoms. The van der Waals surface area contributed by atoms with E-state index in [1.54, 1.807) is 22.9 Å². The number of nitrogens with two attached hydrogens (primary N) is 1. The molecule has 1 aromatic rings. The van der Waals surface area contributed by atoms with Crippen LogP contribution in [0, 0.1) is 0 Å². The van der Waals surface area contributed by atoms with Gasteiger partial charge in [-0.05, 0) is 13.3 Å². The Bertz CT molecular complexity index is 416. The second-order valence-electron chi connectivity index (χ2n) is 4.19. The van der Waals surface area contributed by atoms with Crippen molar-refractivity contribution >= 4 is 11.6 Å². The number of ether oxygens (including phenoxy) is 1. The number of anilines is 1. The number of nitrogens with zero attached hydrogens (tertiary/aromatic N) is 3. The highest BCUT2D eigenvalue weighted by atomic mass is 16.5. The van der Waals surface area contributed by atoms with Gasteiger partial charge < -0.3 is 15.4 Å². The summed E-state index contributed by atoms with van der Waals surface area (Å²) in [5, 5.41) is 4.18. The monoisotopic (exact) mass is 238 g/mol. The van der Waals surface area contributed by atoms with Gasteiger partial charge >= 0.3 is 0 Å². The van der Waals surface area contributed by atoms with Crippen LogP contribution in [-0.2, 0) is 11.3 Å². The summed E-state index contributed by atoms with van der Waals surface area (Å²) in [6.07, 6.45) is 2.70. The third kappa shape index (κ3) is 2.26. The first-order valence-corrected chi connectivity index (χ1v) is 5.80. The van der Waals surface area contributed by atoms with Gasteiger partial charge in [-0.1, -0.05) is 0 Å². The second-order valence-corrected chi connectivity index (χ2v) is 4.19. The van der Waals surface area contributed by atoms with E-state index < -0.39 is 0 Å². The molecule has 2 N–H and O–H groups in total. The molecule has 1 amide bonds. The summed E-state index contributed by atoms with van der Waals surface area (Å²) in [6.45, 7) is 3.99. The molecule has 0 bridgehead atoms. The zero-order valence-corrected chi connectivity index (χ0v) is 10.2. The number of nitrogen functional groups attached to an aromatic ring is 1. The van der Waals surface area contributed by atoms with Crippen molar-refractivity contribution < 1.29 is 9.53 Å². The summed E-state index contributed by atoms with van der Waals surface area (Å²) in [6, 6.07) is 0. The predicted octanol–water partition coefficient (Wildman–Crippen LogP) is 0.346. The summed E-state index contributed by atoms with van der Waals surface area (Å²) < 4.78 is 6.91. The van der Waals surface area contributed by atoms with E-state index in [9.17, 15) is 4.79 Å². The number of aryl methyl sites for hydroxylation is 1. The number of aromatic nitrogens is 2. The van der Waals surface area contributed by atoms with Crippen LogP contribution < -0.4 is 5.73 Å². The second kappa shape index (κ2) is 4.75. The smallest absolute Gasteiger partial charge is 0.276 e. The normalized spacial score (nSPS) is 19.9. The van der Waals surface area contributed by atoms with E-state index in [0.717, 1.165) is 6.42 Å². The number of methoxy groups -OCH3 is 1. The lowest BCUT2D eigenvalue weighted by atomic mass is 10.3. The van der Waals surface area contributed by atoms with Crippen LogP contribution in [0.2, 0.25) is 0 Å². The van der Waals surface area contributed by atoms with E-state index in [-0.39, 0.29) is 12.0 Å². The van der Waals surface area contributed by atoms with Crippen molar-refractivity contribution in [3.8, 4) is 0 Å². The molecule has 1 aliphatic rings. The molecule has 94 valence electrons. The van der Waals surface area contributed by atoms with Gasteiger partial charge in [-0.3, -0.25) is 9.48 Å². The van der Waals surface area contributed by atoms with E-state index >= 15 is 0 Å². The Morgan fingerprint density at radius 1 is 1.71 bits per heavy atom. The van der Waals surface area contributed by atoms with E-state index in [1.807, 2.05) is 6.92 Å². The fourth-order valence-corrected chi connectivity index (χ4v) is 2.02. The minimum Gasteiger partial charge on any atom is -0.396 e. The van der Waals surface area contributed by atoms with E-state index in [2.05, 4.69) is 5.10 Å². The molecular weight excluding hydrogens is 220 g/mol. The molecule has 2 rings (SSSR count). The first-order chi connectivity index (χ1) is 8.15. The third-order valence-corrected chi connectivity index (χ3v) is 3.08. The molecule has 1 unspecified atom stereocenters. The predicted molar refractivity (Wildman–Crippen MR) is 63.6 cm³/mol. The zero-order valence-electron chi connectivity index (χ0n) is 10.2. The maximum absolute atomic E-state index is 12.2. The Balaban J connectivity index is 2.11. The van der Waals surface area contributed by atoms with Gasteiger partial charge in [-0.2, -0.15) is 5.10 Å². The third-order valence-electron chi connectivity index (χ3n) is 3.08. The first kappa shape index (κ1) is 11.9. The largest absolute Gasteiger partial charge is 0.396 e. The fraction of sp³-hybridized carbons (Fsp3) is 0.636. The average Bonchev–Trinajstić information content (AvgIpc) is 2.94. The number of hydrogen-bond donors (Lipinski definition) is 1. The van der Waals surface area contributed by atoms with Crippen molar-refractivity contribution in [2.75, 3.05) is 25.9 Å². The van der Waals surface area contributed by atoms with Gasteiger partial charge in [0.2, 0.25) is 0 Å². The lowest BCUT2D eigenvalue weighted by molar-refractivity contribution is 0.0719. The summed E-state index contributed by atoms with van der Waals surface area (Å²) in [4.78, 5) is 13.9. The van der Waals surface area contributed by atoms with E-state index in [0.29, 0.717) is 31.0 Å². The molecule has 0 radical (unpaired) electrons. The number of carbonyl (C=O) groups is 1. The highest BCUT2D eigenvalue weighted by Gasteiger charge is 2.29. The molecule has 1 aromatic heterocycles. The standard InChI is InChI=1S/C11H18N4O2/c1-3-15-7-9(12)10(13-15)11(16)14-5-4-8(6-14)17-2/h7-8H,3-6,12H2,1-2H3. The molecule has 1 aliphatic heterocycles. The van der Waals surface area contributed by atoms with Crippen molar-refractivity contribution in [3.63, 3.8) is 0 Å². The fourth-order valence-electron chi connectivity index (χ4n) is 2.02. The van der Waals surface area contributed by atoms with Crippen molar-refractivity contribution in [3.05, 3.63) is 11.9 Å². The van der Waals surface area contributed by atoms with Crippen molar-refractivity contribution in [2.45, 2.75) is 26.0 Å². The Labute approximate surface area is 100 Å². The van der Waals surface area contributed by atoms with Crippen molar-refractivity contribution in [1.82, 2.24) is 14.7 Å². The highest BCUT2D eigenvalue weighted by Crippen LogP contribution is 2.18. The molecule has 0 aromatic carbocycles. The highest BCUT2D eigenvalue weighted by molar-refractivity contribution is 5.97. The molecule has 0 saturated carbocycles. The quantitative estimate of drug-likeness (QED) is 0.824. The molecule has 0 aliphatic carbocycles. The van der Waals surface area contributed by atoms with Crippen molar-refractivity contribution in [1.29, 1.82) is 0 Å². The van der Waals surface area contributed by atoms with Crippen molar-refractivity contribution in [2.24, 2.45) is 0 Å². The van der Waals surface area contributed by atoms with Crippen LogP contribution in [0.4, 0.5) is 5.69 Å². The lowest BCUT2D eigenvalue weighted by Gasteiger charge is -2.14. The molecule has 1 fully saturated rings. The minimum absolute atomic E-state index is 0.103. The van der Waals surface area contributed by atoms with E-state index in [1.165, 1.54) is 0 Å². The number of carbonyl (C=O) groups excluding carboxylic acids is 1. The molecule has 17 heavy (non-hydrogen) atoms. The van der Waals surface area contributed by atoms with Gasteiger partial charge in [-0.15, -0.1) is 0 Å². The molecule has 1 atom stereocenters. The van der Waals surface area contributed by atoms with Crippen LogP contribution >= 0.6 is 0 Å². The number of rotatable bonds is 3. The zero-order chi connectivity index (χ0) is 12.4. The van der Waals surface area contributed by atoms with Gasteiger partial charge in [0.25, 0.3) is 5.91 Å². The maximum Gasteiger partial charge on any atom is 0.276 e. The van der Waals surface area contributed by atoms with Gasteiger partial charge in [-0.25, -0.2) is 0 Å². The molecule has 1 saturated heterocycles. The van der Waals surface area contributed by atoms with Gasteiger partial charge in [0.1, 0.15) is 0 Å². The molecule has 2 heterocycles. The van der Waals surface area contributed by atoms with Crippen LogP contribution in [0.15, 0.2) is 6.20 Å². The number of amides is 1. The SMILES string of the molecule is CCn1cc(N)c(C(=O)N2CCC(OC)C2)n1. The summed E-state index contributed by atoms with van der Waals surface area (Å²) in [5.74, 6) is -0.103. The van der Waals surface area contributed by atoms with Crippen LogP contribution in [-0.4, -0.2) is 46.9 Å². The van der Waals surface area contributed by atoms with Crippen LogP contribution in [0.3, 0.4) is 0 Å². The van der Waals surface area contributed by atoms with Gasteiger partial charge in [0, 0.05) is 32.9 Å². The van der Waals surface area contributed by atoms with Gasteiger partial charge in [0.15, 0.2) is 5.69 Å². The number of hydrogen-bond acceptors (Lipinski definition) is 4. The van der Waals surface area contributed by atoms with Crippen LogP contribution in [0.5, 0.6) is 0 Å². The number of likely N-dealkylation sites (tertiary alicyclic amines) is 1. The summed E-state index contributed by atoms with van der Waals surface area (Å²) in [7, 11) is 1.67. The Morgan fingerprint density at radius 2 is 2.47 bits per heavy atom. The maximum atomic E-state index is 12.2. The minimum atomic E-state index is -0.103. The molecule has 6 heteroatoms. The Morgan fingerprint density at radius 3 is 3.00 bits per heavy atom. The molecular formula is C11H18N4O2. The van der Waals surface area contributed by atoms with Crippen LogP contribution in [0.25, 0.3) is 0 Å². The lowest BCUT2D eigenvalue weighted by Crippen LogP contribution is -2.30. The van der Waals surface area contributed by atoms with Gasteiger partial charge in [0.05, 0.1) is 11.8 Å². The first-order valence-electron chi connectivity index (χ1n) is 5.80. The topological polar surface area (TPSA) is 73.4 Å². The summed E-state index contributed by atoms with van der Waals surface area (Å²) in [5.41, 5.74) is 6.58. The summed E-state index contributed by atoms with van der Waals surface area (Å²) >= 11 is 0. The Hall–Kier alpha value is -1.56. The van der Waals surface area contributed by atoms with Crippen LogP contribution in [0.1, 0.15) is 23.8 Å². The average molecular weight is 238 g/mol.